The van der Waals surface area contributed by atoms with Crippen LogP contribution in [-0.4, -0.2) is 74.6 Å². The summed E-state index contributed by atoms with van der Waals surface area (Å²) in [5, 5.41) is 32.2. The van der Waals surface area contributed by atoms with Crippen LogP contribution in [0.25, 0.3) is 0 Å². The molecular weight excluding hydrogens is 568 g/mol. The number of carbonyl (C=O) groups is 3. The van der Waals surface area contributed by atoms with E-state index in [2.05, 4.69) is 6.58 Å². The van der Waals surface area contributed by atoms with Gasteiger partial charge in [0.25, 0.3) is 0 Å². The highest BCUT2D eigenvalue weighted by molar-refractivity contribution is 6.20. The van der Waals surface area contributed by atoms with Gasteiger partial charge in [0.1, 0.15) is 34.5 Å². The summed E-state index contributed by atoms with van der Waals surface area (Å²) in [5.41, 5.74) is -5.32. The van der Waals surface area contributed by atoms with Crippen LogP contribution in [0.2, 0.25) is 0 Å². The number of phenols is 1. The Balaban J connectivity index is 1.69. The number of Topliss-reactive ketones (excluding diaryl/α,β-unsaturated/α-hetero) is 2. The second-order valence-corrected chi connectivity index (χ2v) is 14.1. The fourth-order valence-electron chi connectivity index (χ4n) is 8.08. The molecule has 1 saturated carbocycles. The zero-order chi connectivity index (χ0) is 32.5. The Labute approximate surface area is 256 Å². The van der Waals surface area contributed by atoms with Gasteiger partial charge in [0.15, 0.2) is 17.0 Å². The Kier molecular flexibility index (Phi) is 6.28. The fraction of sp³-hybridized carbons (Fsp3) is 0.559. The maximum Gasteiger partial charge on any atom is 0.330 e. The van der Waals surface area contributed by atoms with Crippen LogP contribution in [0.15, 0.2) is 35.5 Å². The van der Waals surface area contributed by atoms with Crippen molar-refractivity contribution in [1.82, 2.24) is 0 Å². The van der Waals surface area contributed by atoms with Crippen molar-refractivity contribution in [2.45, 2.75) is 108 Å². The monoisotopic (exact) mass is 608 g/mol. The zero-order valence-corrected chi connectivity index (χ0v) is 26.4. The number of aliphatic hydroxyl groups is 1. The van der Waals surface area contributed by atoms with E-state index >= 15 is 0 Å². The summed E-state index contributed by atoms with van der Waals surface area (Å²) < 4.78 is 26.0. The van der Waals surface area contributed by atoms with Crippen molar-refractivity contribution in [2.75, 3.05) is 7.11 Å². The average Bonchev–Trinajstić information content (AvgIpc) is 3.27. The third-order valence-corrected chi connectivity index (χ3v) is 10.9. The van der Waals surface area contributed by atoms with Crippen LogP contribution >= 0.6 is 0 Å². The Hall–Kier alpha value is -3.47. The Morgan fingerprint density at radius 2 is 1.86 bits per heavy atom. The van der Waals surface area contributed by atoms with Gasteiger partial charge in [-0.1, -0.05) is 32.1 Å². The number of hydrogen-bond donors (Lipinski definition) is 3. The fourth-order valence-corrected chi connectivity index (χ4v) is 8.08. The molecule has 7 rings (SSSR count). The van der Waals surface area contributed by atoms with Gasteiger partial charge in [-0.05, 0) is 47.1 Å². The van der Waals surface area contributed by atoms with E-state index in [0.717, 1.165) is 0 Å². The van der Waals surface area contributed by atoms with E-state index in [1.165, 1.54) is 26.2 Å². The molecule has 1 aromatic carbocycles. The number of carboxylic acid groups (broad SMARTS) is 1. The quantitative estimate of drug-likeness (QED) is 0.305. The van der Waals surface area contributed by atoms with Crippen LogP contribution in [-0.2, 0) is 30.9 Å². The molecule has 10 heteroatoms. The Morgan fingerprint density at radius 1 is 1.20 bits per heavy atom. The van der Waals surface area contributed by atoms with Gasteiger partial charge in [0, 0.05) is 53.6 Å². The molecule has 44 heavy (non-hydrogen) atoms. The lowest BCUT2D eigenvalue weighted by Gasteiger charge is -2.59. The highest BCUT2D eigenvalue weighted by atomic mass is 16.6. The molecule has 6 aliphatic rings. The van der Waals surface area contributed by atoms with Gasteiger partial charge in [0.05, 0.1) is 11.7 Å². The number of methoxy groups -OCH3 is 1. The molecule has 1 spiro atoms. The number of ketones is 2. The molecule has 3 heterocycles. The predicted molar refractivity (Wildman–Crippen MR) is 158 cm³/mol. The lowest BCUT2D eigenvalue weighted by Crippen LogP contribution is -2.77. The molecular formula is C34H40O10. The number of phenolic OH excluding ortho intramolecular Hbond substituents is 1. The van der Waals surface area contributed by atoms with E-state index < -0.39 is 63.5 Å². The van der Waals surface area contributed by atoms with Crippen LogP contribution in [0.1, 0.15) is 82.8 Å². The standard InChI is InChI=1S/C34H40O10/c1-15(2)20(35)12-18-24(36)22-25(37)19-13-32(41-9)14-21-31(7,8)44-33(29(32)40,11-10-16(3)28(38)39)34(19,21)43-27(22)23-26(18)42-17(4)30(23,5)6/h10,13,17,20-21,35-36H,1,11-12,14H2,2-9H3,(H,38,39)/b16-10-/t17-,20+,21-,32+,33+,34-/m0/s1. The number of fused-ring (bicyclic) bond motifs is 3. The molecule has 1 aromatic rings. The minimum absolute atomic E-state index is 0.0111. The smallest absolute Gasteiger partial charge is 0.330 e. The van der Waals surface area contributed by atoms with E-state index in [1.807, 2.05) is 34.6 Å². The van der Waals surface area contributed by atoms with Gasteiger partial charge < -0.3 is 34.3 Å². The second kappa shape index (κ2) is 9.05. The van der Waals surface area contributed by atoms with Crippen molar-refractivity contribution in [3.8, 4) is 17.2 Å². The van der Waals surface area contributed by atoms with E-state index in [1.54, 1.807) is 6.92 Å². The largest absolute Gasteiger partial charge is 0.507 e. The molecule has 1 saturated heterocycles. The number of rotatable bonds is 7. The number of carbonyl (C=O) groups excluding carboxylic acids is 2. The molecule has 2 fully saturated rings. The third kappa shape index (κ3) is 3.44. The van der Waals surface area contributed by atoms with E-state index in [9.17, 15) is 29.7 Å². The summed E-state index contributed by atoms with van der Waals surface area (Å²) in [6, 6.07) is 0. The molecule has 0 aromatic heterocycles. The molecule has 0 unspecified atom stereocenters. The summed E-state index contributed by atoms with van der Waals surface area (Å²) in [6.07, 6.45) is 1.50. The van der Waals surface area contributed by atoms with E-state index in [-0.39, 0.29) is 53.0 Å². The van der Waals surface area contributed by atoms with Crippen molar-refractivity contribution in [3.05, 3.63) is 52.1 Å². The molecule has 4 bridgehead atoms. The van der Waals surface area contributed by atoms with Crippen LogP contribution in [0.4, 0.5) is 0 Å². The van der Waals surface area contributed by atoms with Crippen LogP contribution in [0.5, 0.6) is 17.2 Å². The molecule has 3 N–H and O–H groups in total. The second-order valence-electron chi connectivity index (χ2n) is 14.1. The normalized spacial score (nSPS) is 34.4. The van der Waals surface area contributed by atoms with Gasteiger partial charge in [-0.2, -0.15) is 0 Å². The zero-order valence-electron chi connectivity index (χ0n) is 26.4. The van der Waals surface area contributed by atoms with Crippen molar-refractivity contribution in [2.24, 2.45) is 5.92 Å². The highest BCUT2D eigenvalue weighted by Crippen LogP contribution is 2.70. The van der Waals surface area contributed by atoms with Crippen molar-refractivity contribution >= 4 is 17.5 Å². The van der Waals surface area contributed by atoms with Gasteiger partial charge in [-0.15, -0.1) is 0 Å². The topological polar surface area (TPSA) is 149 Å². The first-order chi connectivity index (χ1) is 20.3. The van der Waals surface area contributed by atoms with Gasteiger partial charge in [-0.3, -0.25) is 9.59 Å². The molecule has 10 nitrogen and oxygen atoms in total. The lowest BCUT2D eigenvalue weighted by atomic mass is 9.49. The summed E-state index contributed by atoms with van der Waals surface area (Å²) in [6.45, 7) is 16.4. The SMILES string of the molecule is C=C(C)[C@H](O)Cc1c(O)c2c(c3c1O[C@@H](C)C3(C)C)O[C@@]13C(=C[C@@]4(OC)C[C@H]1C(C)(C)O[C@]3(C/C=C(/C)C(=O)O)C4=O)C2=O. The number of hydrogen-bond acceptors (Lipinski definition) is 9. The van der Waals surface area contributed by atoms with Gasteiger partial charge in [0.2, 0.25) is 5.78 Å². The van der Waals surface area contributed by atoms with Gasteiger partial charge >= 0.3 is 5.97 Å². The number of aliphatic carboxylic acids is 1. The first-order valence-corrected chi connectivity index (χ1v) is 14.9. The highest BCUT2D eigenvalue weighted by Gasteiger charge is 2.84. The minimum Gasteiger partial charge on any atom is -0.507 e. The number of aromatic hydroxyl groups is 1. The Morgan fingerprint density at radius 3 is 2.45 bits per heavy atom. The molecule has 0 amide bonds. The molecule has 3 aliphatic carbocycles. The summed E-state index contributed by atoms with van der Waals surface area (Å²) in [7, 11) is 1.40. The van der Waals surface area contributed by atoms with Crippen molar-refractivity contribution in [1.29, 1.82) is 0 Å². The van der Waals surface area contributed by atoms with Crippen LogP contribution < -0.4 is 9.47 Å². The third-order valence-electron chi connectivity index (χ3n) is 10.9. The summed E-state index contributed by atoms with van der Waals surface area (Å²) in [4.78, 5) is 41.2. The van der Waals surface area contributed by atoms with Gasteiger partial charge in [-0.25, -0.2) is 4.79 Å². The van der Waals surface area contributed by atoms with Crippen molar-refractivity contribution < 1.29 is 48.7 Å². The van der Waals surface area contributed by atoms with E-state index in [4.69, 9.17) is 18.9 Å². The van der Waals surface area contributed by atoms with Crippen LogP contribution in [0, 0.1) is 5.92 Å². The van der Waals surface area contributed by atoms with Crippen molar-refractivity contribution in [3.63, 3.8) is 0 Å². The lowest BCUT2D eigenvalue weighted by molar-refractivity contribution is -0.190. The number of ether oxygens (including phenoxy) is 4. The first-order valence-electron chi connectivity index (χ1n) is 14.9. The Bertz CT molecular complexity index is 1630. The summed E-state index contributed by atoms with van der Waals surface area (Å²) >= 11 is 0. The number of benzene rings is 1. The average molecular weight is 609 g/mol. The number of carboxylic acids is 1. The first kappa shape index (κ1) is 30.6. The maximum absolute atomic E-state index is 14.8. The molecule has 236 valence electrons. The summed E-state index contributed by atoms with van der Waals surface area (Å²) in [5.74, 6) is -2.64. The van der Waals surface area contributed by atoms with Crippen LogP contribution in [0.3, 0.4) is 0 Å². The van der Waals surface area contributed by atoms with E-state index in [0.29, 0.717) is 16.9 Å². The maximum atomic E-state index is 14.8. The predicted octanol–water partition coefficient (Wildman–Crippen LogP) is 4.13. The number of aliphatic hydroxyl groups excluding tert-OH is 1. The molecule has 0 radical (unpaired) electrons. The molecule has 3 aliphatic heterocycles. The molecule has 6 atom stereocenters. The minimum atomic E-state index is -1.81.